The highest BCUT2D eigenvalue weighted by Gasteiger charge is 2.20. The number of ether oxygens (including phenoxy) is 1. The molecule has 0 radical (unpaired) electrons. The summed E-state index contributed by atoms with van der Waals surface area (Å²) in [5.41, 5.74) is 1.76. The Kier molecular flexibility index (Phi) is 3.70. The molecule has 0 saturated heterocycles. The number of benzene rings is 2. The Balaban J connectivity index is 1.99. The molecule has 1 aliphatic rings. The summed E-state index contributed by atoms with van der Waals surface area (Å²) < 4.78 is 5.58. The molecule has 0 spiro atoms. The number of ketones is 1. The van der Waals surface area contributed by atoms with E-state index in [1.165, 1.54) is 12.1 Å². The van der Waals surface area contributed by atoms with Gasteiger partial charge in [0, 0.05) is 24.1 Å². The molecule has 5 nitrogen and oxygen atoms in total. The van der Waals surface area contributed by atoms with Gasteiger partial charge in [0.25, 0.3) is 5.69 Å². The lowest BCUT2D eigenvalue weighted by atomic mass is 9.99. The SMILES string of the molecule is O=C1C(=Cc2cccc([N+](=O)[O-])c2)CCOc2ccccc21. The van der Waals surface area contributed by atoms with Crippen molar-refractivity contribution in [3.63, 3.8) is 0 Å². The molecule has 3 rings (SSSR count). The Labute approximate surface area is 127 Å². The summed E-state index contributed by atoms with van der Waals surface area (Å²) in [5.74, 6) is 0.481. The monoisotopic (exact) mass is 295 g/mol. The number of para-hydroxylation sites is 1. The minimum Gasteiger partial charge on any atom is -0.492 e. The van der Waals surface area contributed by atoms with Gasteiger partial charge in [-0.25, -0.2) is 0 Å². The largest absolute Gasteiger partial charge is 0.492 e. The van der Waals surface area contributed by atoms with Crippen LogP contribution in [0, 0.1) is 10.1 Å². The van der Waals surface area contributed by atoms with Crippen LogP contribution in [0.5, 0.6) is 5.75 Å². The minimum absolute atomic E-state index is 0.00655. The molecule has 0 aliphatic carbocycles. The number of nitrogens with zero attached hydrogens (tertiary/aromatic N) is 1. The van der Waals surface area contributed by atoms with Crippen LogP contribution in [0.2, 0.25) is 0 Å². The molecule has 1 heterocycles. The van der Waals surface area contributed by atoms with Gasteiger partial charge in [0.15, 0.2) is 5.78 Å². The van der Waals surface area contributed by atoms with E-state index in [0.29, 0.717) is 35.5 Å². The van der Waals surface area contributed by atoms with E-state index >= 15 is 0 Å². The molecule has 0 atom stereocenters. The average Bonchev–Trinajstić information content (AvgIpc) is 2.68. The van der Waals surface area contributed by atoms with Crippen LogP contribution in [0.4, 0.5) is 5.69 Å². The molecular weight excluding hydrogens is 282 g/mol. The second kappa shape index (κ2) is 5.81. The predicted octanol–water partition coefficient (Wildman–Crippen LogP) is 3.64. The molecule has 110 valence electrons. The first-order chi connectivity index (χ1) is 10.6. The van der Waals surface area contributed by atoms with E-state index < -0.39 is 4.92 Å². The lowest BCUT2D eigenvalue weighted by Crippen LogP contribution is -2.02. The highest BCUT2D eigenvalue weighted by molar-refractivity contribution is 6.13. The van der Waals surface area contributed by atoms with Gasteiger partial charge in [-0.2, -0.15) is 0 Å². The minimum atomic E-state index is -0.449. The molecule has 0 N–H and O–H groups in total. The number of nitro groups is 1. The molecule has 0 fully saturated rings. The van der Waals surface area contributed by atoms with Crippen molar-refractivity contribution in [2.75, 3.05) is 6.61 Å². The van der Waals surface area contributed by atoms with Crippen LogP contribution in [-0.4, -0.2) is 17.3 Å². The molecule has 2 aromatic carbocycles. The van der Waals surface area contributed by atoms with Crippen LogP contribution in [-0.2, 0) is 0 Å². The Morgan fingerprint density at radius 3 is 2.77 bits per heavy atom. The molecule has 0 aromatic heterocycles. The Bertz CT molecular complexity index is 780. The molecule has 0 amide bonds. The van der Waals surface area contributed by atoms with Crippen molar-refractivity contribution in [2.45, 2.75) is 6.42 Å². The summed E-state index contributed by atoms with van der Waals surface area (Å²) in [4.78, 5) is 23.0. The maximum Gasteiger partial charge on any atom is 0.270 e. The lowest BCUT2D eigenvalue weighted by Gasteiger charge is -2.04. The van der Waals surface area contributed by atoms with Crippen molar-refractivity contribution in [2.24, 2.45) is 0 Å². The van der Waals surface area contributed by atoms with E-state index in [4.69, 9.17) is 4.74 Å². The number of rotatable bonds is 2. The van der Waals surface area contributed by atoms with Gasteiger partial charge < -0.3 is 4.74 Å². The van der Waals surface area contributed by atoms with Crippen LogP contribution in [0.1, 0.15) is 22.3 Å². The Morgan fingerprint density at radius 2 is 1.95 bits per heavy atom. The van der Waals surface area contributed by atoms with Crippen LogP contribution in [0.3, 0.4) is 0 Å². The number of carbonyl (C=O) groups is 1. The highest BCUT2D eigenvalue weighted by Crippen LogP contribution is 2.27. The van der Waals surface area contributed by atoms with Gasteiger partial charge in [0.2, 0.25) is 0 Å². The second-order valence-electron chi connectivity index (χ2n) is 4.95. The summed E-state index contributed by atoms with van der Waals surface area (Å²) >= 11 is 0. The maximum absolute atomic E-state index is 12.6. The van der Waals surface area contributed by atoms with E-state index in [0.717, 1.165) is 0 Å². The van der Waals surface area contributed by atoms with Crippen molar-refractivity contribution < 1.29 is 14.5 Å². The number of nitro benzene ring substituents is 1. The van der Waals surface area contributed by atoms with Gasteiger partial charge >= 0.3 is 0 Å². The second-order valence-corrected chi connectivity index (χ2v) is 4.95. The number of hydrogen-bond acceptors (Lipinski definition) is 4. The van der Waals surface area contributed by atoms with E-state index in [1.54, 1.807) is 36.4 Å². The fraction of sp³-hybridized carbons (Fsp3) is 0.118. The fourth-order valence-electron chi connectivity index (χ4n) is 2.40. The average molecular weight is 295 g/mol. The van der Waals surface area contributed by atoms with Gasteiger partial charge in [0.1, 0.15) is 5.75 Å². The smallest absolute Gasteiger partial charge is 0.270 e. The zero-order valence-corrected chi connectivity index (χ0v) is 11.7. The van der Waals surface area contributed by atoms with Crippen molar-refractivity contribution in [1.29, 1.82) is 0 Å². The normalized spacial score (nSPS) is 15.8. The van der Waals surface area contributed by atoms with E-state index in [2.05, 4.69) is 0 Å². The molecular formula is C17H13NO4. The molecule has 2 aromatic rings. The van der Waals surface area contributed by atoms with E-state index in [1.807, 2.05) is 6.07 Å². The molecule has 22 heavy (non-hydrogen) atoms. The third-order valence-corrected chi connectivity index (χ3v) is 3.47. The van der Waals surface area contributed by atoms with Gasteiger partial charge in [-0.05, 0) is 23.8 Å². The lowest BCUT2D eigenvalue weighted by molar-refractivity contribution is -0.384. The van der Waals surface area contributed by atoms with Crippen LogP contribution < -0.4 is 4.74 Å². The topological polar surface area (TPSA) is 69.4 Å². The summed E-state index contributed by atoms with van der Waals surface area (Å²) in [6.07, 6.45) is 2.16. The number of hydrogen-bond donors (Lipinski definition) is 0. The van der Waals surface area contributed by atoms with Gasteiger partial charge in [-0.1, -0.05) is 24.3 Å². The third-order valence-electron chi connectivity index (χ3n) is 3.47. The number of carbonyl (C=O) groups excluding carboxylic acids is 1. The Hall–Kier alpha value is -2.95. The van der Waals surface area contributed by atoms with Crippen molar-refractivity contribution in [3.05, 3.63) is 75.3 Å². The van der Waals surface area contributed by atoms with Crippen molar-refractivity contribution in [1.82, 2.24) is 0 Å². The highest BCUT2D eigenvalue weighted by atomic mass is 16.6. The van der Waals surface area contributed by atoms with E-state index in [-0.39, 0.29) is 11.5 Å². The number of fused-ring (bicyclic) bond motifs is 1. The standard InChI is InChI=1S/C17H13NO4/c19-17-13(8-9-22-16-7-2-1-6-15(16)17)10-12-4-3-5-14(11-12)18(20)21/h1-7,10-11H,8-9H2. The first-order valence-corrected chi connectivity index (χ1v) is 6.87. The third kappa shape index (κ3) is 2.74. The van der Waals surface area contributed by atoms with E-state index in [9.17, 15) is 14.9 Å². The summed E-state index contributed by atoms with van der Waals surface area (Å²) in [6, 6.07) is 13.3. The molecule has 0 unspecified atom stereocenters. The van der Waals surface area contributed by atoms with Gasteiger partial charge in [-0.15, -0.1) is 0 Å². The van der Waals surface area contributed by atoms with Crippen LogP contribution in [0.25, 0.3) is 6.08 Å². The summed E-state index contributed by atoms with van der Waals surface area (Å²) in [5, 5.41) is 10.8. The molecule has 1 aliphatic heterocycles. The number of non-ortho nitro benzene ring substituents is 1. The summed E-state index contributed by atoms with van der Waals surface area (Å²) in [7, 11) is 0. The van der Waals surface area contributed by atoms with Crippen molar-refractivity contribution >= 4 is 17.5 Å². The predicted molar refractivity (Wildman–Crippen MR) is 82.0 cm³/mol. The first-order valence-electron chi connectivity index (χ1n) is 6.87. The van der Waals surface area contributed by atoms with Gasteiger partial charge in [-0.3, -0.25) is 14.9 Å². The van der Waals surface area contributed by atoms with Crippen LogP contribution >= 0.6 is 0 Å². The summed E-state index contributed by atoms with van der Waals surface area (Å²) in [6.45, 7) is 0.406. The number of Topliss-reactive ketones (excluding diaryl/α,β-unsaturated/α-hetero) is 1. The molecule has 0 bridgehead atoms. The quantitative estimate of drug-likeness (QED) is 0.482. The molecule has 5 heteroatoms. The zero-order chi connectivity index (χ0) is 15.5. The first kappa shape index (κ1) is 14.0. The van der Waals surface area contributed by atoms with Crippen LogP contribution in [0.15, 0.2) is 54.1 Å². The van der Waals surface area contributed by atoms with Gasteiger partial charge in [0.05, 0.1) is 17.1 Å². The molecule has 0 saturated carbocycles. The zero-order valence-electron chi connectivity index (χ0n) is 11.7. The maximum atomic E-state index is 12.6. The van der Waals surface area contributed by atoms with Crippen molar-refractivity contribution in [3.8, 4) is 5.75 Å². The Morgan fingerprint density at radius 1 is 1.14 bits per heavy atom. The fourth-order valence-corrected chi connectivity index (χ4v) is 2.40.